The summed E-state index contributed by atoms with van der Waals surface area (Å²) in [4.78, 5) is 0. The van der Waals surface area contributed by atoms with E-state index in [0.29, 0.717) is 5.56 Å². The van der Waals surface area contributed by atoms with Crippen LogP contribution in [-0.2, 0) is 3.49 Å². The Labute approximate surface area is 106 Å². The molecule has 1 nitrogen and oxygen atoms in total. The zero-order chi connectivity index (χ0) is 11.7. The van der Waals surface area contributed by atoms with Crippen LogP contribution in [0.4, 0.5) is 4.39 Å². The lowest BCUT2D eigenvalue weighted by atomic mass is 10.2. The third-order valence-electron chi connectivity index (χ3n) is 1.61. The molecule has 0 unspecified atom stereocenters. The normalized spacial score (nSPS) is 12.7. The lowest BCUT2D eigenvalue weighted by Crippen LogP contribution is -2.22. The van der Waals surface area contributed by atoms with Crippen molar-refractivity contribution in [2.75, 3.05) is 0 Å². The maximum absolute atomic E-state index is 13.4. The van der Waals surface area contributed by atoms with Crippen LogP contribution in [0.25, 0.3) is 0 Å². The molecule has 0 fully saturated rings. The highest BCUT2D eigenvalue weighted by atomic mass is 79.9. The SMILES string of the molecule is CC(C)(C)Oc1ccc(C(F)(Br)Br)cc1. The molecule has 0 aliphatic rings. The Morgan fingerprint density at radius 3 is 1.87 bits per heavy atom. The molecule has 15 heavy (non-hydrogen) atoms. The third-order valence-corrected chi connectivity index (χ3v) is 2.52. The summed E-state index contributed by atoms with van der Waals surface area (Å²) in [7, 11) is 0. The Balaban J connectivity index is 2.82. The molecular formula is C11H13Br2FO. The molecule has 0 aromatic heterocycles. The van der Waals surface area contributed by atoms with Gasteiger partial charge in [0.05, 0.1) is 0 Å². The van der Waals surface area contributed by atoms with Crippen LogP contribution >= 0.6 is 31.9 Å². The van der Waals surface area contributed by atoms with Crippen molar-refractivity contribution in [2.24, 2.45) is 0 Å². The summed E-state index contributed by atoms with van der Waals surface area (Å²) in [6.45, 7) is 5.90. The summed E-state index contributed by atoms with van der Waals surface area (Å²) in [5.74, 6) is 0.732. The van der Waals surface area contributed by atoms with Crippen molar-refractivity contribution in [3.05, 3.63) is 29.8 Å². The van der Waals surface area contributed by atoms with E-state index in [4.69, 9.17) is 4.74 Å². The Hall–Kier alpha value is -0.0900. The number of benzene rings is 1. The molecule has 1 aromatic rings. The monoisotopic (exact) mass is 338 g/mol. The van der Waals surface area contributed by atoms with E-state index in [2.05, 4.69) is 31.9 Å². The summed E-state index contributed by atoms with van der Waals surface area (Å²) >= 11 is 5.76. The second-order valence-electron chi connectivity index (χ2n) is 4.24. The number of hydrogen-bond acceptors (Lipinski definition) is 1. The molecule has 0 aliphatic carbocycles. The van der Waals surface area contributed by atoms with Gasteiger partial charge in [-0.1, -0.05) is 12.1 Å². The number of halogens is 3. The fraction of sp³-hybridized carbons (Fsp3) is 0.455. The molecule has 1 rings (SSSR count). The molecule has 0 bridgehead atoms. The van der Waals surface area contributed by atoms with E-state index in [1.807, 2.05) is 20.8 Å². The summed E-state index contributed by atoms with van der Waals surface area (Å²) in [5, 5.41) is 0. The van der Waals surface area contributed by atoms with E-state index < -0.39 is 3.49 Å². The van der Waals surface area contributed by atoms with Crippen molar-refractivity contribution in [3.63, 3.8) is 0 Å². The average molecular weight is 340 g/mol. The minimum Gasteiger partial charge on any atom is -0.488 e. The van der Waals surface area contributed by atoms with Gasteiger partial charge >= 0.3 is 0 Å². The highest BCUT2D eigenvalue weighted by molar-refractivity contribution is 9.24. The summed E-state index contributed by atoms with van der Waals surface area (Å²) < 4.78 is 17.3. The van der Waals surface area contributed by atoms with Gasteiger partial charge in [0, 0.05) is 5.56 Å². The number of alkyl halides is 3. The van der Waals surface area contributed by atoms with Gasteiger partial charge in [-0.2, -0.15) is 0 Å². The first-order valence-electron chi connectivity index (χ1n) is 4.55. The number of hydrogen-bond donors (Lipinski definition) is 0. The summed E-state index contributed by atoms with van der Waals surface area (Å²) in [6, 6.07) is 6.84. The molecule has 0 N–H and O–H groups in total. The van der Waals surface area contributed by atoms with Crippen LogP contribution in [0.5, 0.6) is 5.75 Å². The summed E-state index contributed by atoms with van der Waals surface area (Å²) in [5.41, 5.74) is 0.265. The Morgan fingerprint density at radius 2 is 1.53 bits per heavy atom. The van der Waals surface area contributed by atoms with Crippen LogP contribution in [-0.4, -0.2) is 5.60 Å². The zero-order valence-electron chi connectivity index (χ0n) is 8.85. The van der Waals surface area contributed by atoms with Gasteiger partial charge in [-0.3, -0.25) is 0 Å². The molecule has 84 valence electrons. The van der Waals surface area contributed by atoms with Crippen LogP contribution in [0.1, 0.15) is 26.3 Å². The Kier molecular flexibility index (Phi) is 3.82. The molecule has 0 atom stereocenters. The van der Waals surface area contributed by atoms with Gasteiger partial charge in [0.1, 0.15) is 11.4 Å². The smallest absolute Gasteiger partial charge is 0.244 e. The van der Waals surface area contributed by atoms with Gasteiger partial charge in [-0.15, -0.1) is 0 Å². The Morgan fingerprint density at radius 1 is 1.07 bits per heavy atom. The predicted octanol–water partition coefficient (Wildman–Crippen LogP) is 4.73. The molecule has 0 amide bonds. The topological polar surface area (TPSA) is 9.23 Å². The molecule has 1 aromatic carbocycles. The predicted molar refractivity (Wildman–Crippen MR) is 67.5 cm³/mol. The van der Waals surface area contributed by atoms with Crippen LogP contribution in [0.3, 0.4) is 0 Å². The van der Waals surface area contributed by atoms with E-state index in [1.165, 1.54) is 0 Å². The third kappa shape index (κ3) is 4.51. The van der Waals surface area contributed by atoms with E-state index in [1.54, 1.807) is 24.3 Å². The quantitative estimate of drug-likeness (QED) is 0.707. The first kappa shape index (κ1) is 13.0. The van der Waals surface area contributed by atoms with Gasteiger partial charge < -0.3 is 4.74 Å². The van der Waals surface area contributed by atoms with Crippen LogP contribution in [0, 0.1) is 0 Å². The van der Waals surface area contributed by atoms with E-state index in [-0.39, 0.29) is 5.60 Å². The van der Waals surface area contributed by atoms with Gasteiger partial charge in [-0.05, 0) is 64.8 Å². The van der Waals surface area contributed by atoms with Gasteiger partial charge in [0.2, 0.25) is 3.49 Å². The first-order chi connectivity index (χ1) is 6.68. The maximum atomic E-state index is 13.4. The summed E-state index contributed by atoms with van der Waals surface area (Å²) in [6.07, 6.45) is 0. The van der Waals surface area contributed by atoms with Crippen LogP contribution in [0.2, 0.25) is 0 Å². The minimum absolute atomic E-state index is 0.239. The van der Waals surface area contributed by atoms with E-state index >= 15 is 0 Å². The first-order valence-corrected chi connectivity index (χ1v) is 6.13. The molecule has 0 radical (unpaired) electrons. The second-order valence-corrected chi connectivity index (χ2v) is 7.49. The highest BCUT2D eigenvalue weighted by Gasteiger charge is 2.23. The zero-order valence-corrected chi connectivity index (χ0v) is 12.0. The van der Waals surface area contributed by atoms with Crippen molar-refractivity contribution < 1.29 is 9.13 Å². The molecule has 0 saturated carbocycles. The lowest BCUT2D eigenvalue weighted by molar-refractivity contribution is 0.131. The standard InChI is InChI=1S/C11H13Br2FO/c1-10(2,3)15-9-6-4-8(5-7-9)11(12,13)14/h4-7H,1-3H3. The fourth-order valence-electron chi connectivity index (χ4n) is 1.07. The fourth-order valence-corrected chi connectivity index (χ4v) is 1.59. The van der Waals surface area contributed by atoms with Gasteiger partial charge in [0.15, 0.2) is 0 Å². The van der Waals surface area contributed by atoms with Crippen molar-refractivity contribution in [3.8, 4) is 5.75 Å². The second kappa shape index (κ2) is 4.42. The maximum Gasteiger partial charge on any atom is 0.244 e. The molecule has 0 heterocycles. The average Bonchev–Trinajstić information content (AvgIpc) is 2.00. The molecule has 0 aliphatic heterocycles. The van der Waals surface area contributed by atoms with Gasteiger partial charge in [0.25, 0.3) is 0 Å². The Bertz CT molecular complexity index is 322. The molecular weight excluding hydrogens is 327 g/mol. The van der Waals surface area contributed by atoms with Crippen molar-refractivity contribution in [2.45, 2.75) is 29.9 Å². The molecule has 0 spiro atoms. The number of rotatable bonds is 2. The minimum atomic E-state index is -1.67. The lowest BCUT2D eigenvalue weighted by Gasteiger charge is -2.21. The van der Waals surface area contributed by atoms with Crippen LogP contribution < -0.4 is 4.74 Å². The largest absolute Gasteiger partial charge is 0.488 e. The van der Waals surface area contributed by atoms with E-state index in [0.717, 1.165) is 5.75 Å². The molecule has 0 saturated heterocycles. The molecule has 4 heteroatoms. The van der Waals surface area contributed by atoms with Crippen molar-refractivity contribution >= 4 is 31.9 Å². The van der Waals surface area contributed by atoms with Crippen molar-refractivity contribution in [1.82, 2.24) is 0 Å². The van der Waals surface area contributed by atoms with E-state index in [9.17, 15) is 4.39 Å². The van der Waals surface area contributed by atoms with Crippen LogP contribution in [0.15, 0.2) is 24.3 Å². The van der Waals surface area contributed by atoms with Gasteiger partial charge in [-0.25, -0.2) is 4.39 Å². The highest BCUT2D eigenvalue weighted by Crippen LogP contribution is 2.40. The van der Waals surface area contributed by atoms with Crippen molar-refractivity contribution in [1.29, 1.82) is 0 Å². The number of ether oxygens (including phenoxy) is 1.